The van der Waals surface area contributed by atoms with Gasteiger partial charge in [0.25, 0.3) is 0 Å². The van der Waals surface area contributed by atoms with Gasteiger partial charge in [-0.1, -0.05) is 13.8 Å². The summed E-state index contributed by atoms with van der Waals surface area (Å²) in [6.07, 6.45) is 7.42. The zero-order valence-electron chi connectivity index (χ0n) is 14.0. The van der Waals surface area contributed by atoms with Crippen molar-refractivity contribution in [3.63, 3.8) is 0 Å². The van der Waals surface area contributed by atoms with E-state index in [0.29, 0.717) is 17.8 Å². The average molecular weight is 308 g/mol. The van der Waals surface area contributed by atoms with Crippen LogP contribution in [-0.4, -0.2) is 33.6 Å². The van der Waals surface area contributed by atoms with Gasteiger partial charge in [0, 0.05) is 0 Å². The Labute approximate surface area is 134 Å². The number of hydrogen-bond acceptors (Lipinski definition) is 3. The fraction of sp³-hybridized carbons (Fsp3) is 1.00. The van der Waals surface area contributed by atoms with Crippen LogP contribution in [0.3, 0.4) is 0 Å². The van der Waals surface area contributed by atoms with Gasteiger partial charge in [-0.2, -0.15) is 0 Å². The summed E-state index contributed by atoms with van der Waals surface area (Å²) in [5, 5.41) is 31.4. The Kier molecular flexibility index (Phi) is 3.46. The fourth-order valence-electron chi connectivity index (χ4n) is 7.25. The van der Waals surface area contributed by atoms with E-state index < -0.39 is 0 Å². The summed E-state index contributed by atoms with van der Waals surface area (Å²) in [6.45, 7) is 4.68. The van der Waals surface area contributed by atoms with Crippen LogP contribution in [-0.2, 0) is 0 Å². The first-order valence-corrected chi connectivity index (χ1v) is 9.40. The first-order valence-electron chi connectivity index (χ1n) is 9.40. The second-order valence-corrected chi connectivity index (χ2v) is 9.36. The molecule has 4 saturated carbocycles. The number of rotatable bonds is 0. The van der Waals surface area contributed by atoms with Gasteiger partial charge in [-0.25, -0.2) is 0 Å². The highest BCUT2D eigenvalue weighted by Gasteiger charge is 2.61. The van der Waals surface area contributed by atoms with Gasteiger partial charge in [0.05, 0.1) is 18.3 Å². The molecular weight excluding hydrogens is 276 g/mol. The summed E-state index contributed by atoms with van der Waals surface area (Å²) >= 11 is 0. The van der Waals surface area contributed by atoms with Crippen molar-refractivity contribution < 1.29 is 15.3 Å². The second kappa shape index (κ2) is 4.94. The Bertz CT molecular complexity index is 452. The maximum Gasteiger partial charge on any atom is 0.0596 e. The molecule has 0 aliphatic heterocycles. The molecule has 0 amide bonds. The molecule has 126 valence electrons. The Morgan fingerprint density at radius 1 is 0.727 bits per heavy atom. The monoisotopic (exact) mass is 308 g/mol. The predicted molar refractivity (Wildman–Crippen MR) is 85.1 cm³/mol. The molecule has 0 saturated heterocycles. The van der Waals surface area contributed by atoms with Crippen molar-refractivity contribution in [2.75, 3.05) is 0 Å². The minimum atomic E-state index is -0.263. The van der Waals surface area contributed by atoms with E-state index in [2.05, 4.69) is 13.8 Å². The van der Waals surface area contributed by atoms with Crippen molar-refractivity contribution in [2.24, 2.45) is 34.5 Å². The van der Waals surface area contributed by atoms with E-state index in [1.165, 1.54) is 6.42 Å². The van der Waals surface area contributed by atoms with Crippen LogP contribution in [0.1, 0.15) is 65.2 Å². The normalized spacial score (nSPS) is 61.2. The third kappa shape index (κ3) is 1.91. The van der Waals surface area contributed by atoms with Crippen LogP contribution in [0.4, 0.5) is 0 Å². The third-order valence-electron chi connectivity index (χ3n) is 8.60. The van der Waals surface area contributed by atoms with Gasteiger partial charge in [-0.15, -0.1) is 0 Å². The molecule has 4 fully saturated rings. The molecule has 3 heteroatoms. The average Bonchev–Trinajstić information content (AvgIpc) is 2.77. The highest BCUT2D eigenvalue weighted by Crippen LogP contribution is 2.66. The number of hydrogen-bond donors (Lipinski definition) is 3. The van der Waals surface area contributed by atoms with Gasteiger partial charge in [0.2, 0.25) is 0 Å². The molecule has 1 unspecified atom stereocenters. The Morgan fingerprint density at radius 2 is 1.41 bits per heavy atom. The summed E-state index contributed by atoms with van der Waals surface area (Å²) in [6, 6.07) is 0. The second-order valence-electron chi connectivity index (χ2n) is 9.36. The fourth-order valence-corrected chi connectivity index (χ4v) is 7.25. The standard InChI is InChI=1S/C19H32O3/c1-18-7-5-11(20)9-15(18)16(21)10-12-13-3-4-17(22)19(13,2)8-6-14(12)18/h11-17,20-22H,3-10H2,1-2H3/t11-,12-,13-,14-,15?,16+,17-,18+,19-/m0/s1. The molecule has 0 spiro atoms. The lowest BCUT2D eigenvalue weighted by molar-refractivity contribution is -0.174. The van der Waals surface area contributed by atoms with Crippen molar-refractivity contribution in [2.45, 2.75) is 83.5 Å². The minimum absolute atomic E-state index is 0.0816. The summed E-state index contributed by atoms with van der Waals surface area (Å²) in [4.78, 5) is 0. The lowest BCUT2D eigenvalue weighted by Crippen LogP contribution is -2.58. The van der Waals surface area contributed by atoms with Crippen molar-refractivity contribution >= 4 is 0 Å². The molecule has 4 rings (SSSR count). The van der Waals surface area contributed by atoms with Crippen LogP contribution < -0.4 is 0 Å². The molecule has 3 nitrogen and oxygen atoms in total. The number of aliphatic hydroxyl groups is 3. The highest BCUT2D eigenvalue weighted by molar-refractivity contribution is 5.11. The maximum atomic E-state index is 10.8. The summed E-state index contributed by atoms with van der Waals surface area (Å²) in [5.41, 5.74) is 0.273. The molecule has 0 aromatic rings. The van der Waals surface area contributed by atoms with Crippen molar-refractivity contribution in [1.82, 2.24) is 0 Å². The molecule has 0 bridgehead atoms. The summed E-state index contributed by atoms with van der Waals surface area (Å²) in [5.74, 6) is 2.10. The van der Waals surface area contributed by atoms with Gasteiger partial charge in [-0.05, 0) is 85.9 Å². The molecule has 0 aromatic heterocycles. The summed E-state index contributed by atoms with van der Waals surface area (Å²) < 4.78 is 0. The van der Waals surface area contributed by atoms with Crippen molar-refractivity contribution in [3.8, 4) is 0 Å². The summed E-state index contributed by atoms with van der Waals surface area (Å²) in [7, 11) is 0. The predicted octanol–water partition coefficient (Wildman–Crippen LogP) is 2.72. The quantitative estimate of drug-likeness (QED) is 0.645. The Hall–Kier alpha value is -0.120. The zero-order chi connectivity index (χ0) is 15.7. The largest absolute Gasteiger partial charge is 0.393 e. The zero-order valence-corrected chi connectivity index (χ0v) is 14.0. The van der Waals surface area contributed by atoms with Crippen LogP contribution in [0.15, 0.2) is 0 Å². The molecule has 0 radical (unpaired) electrons. The lowest BCUT2D eigenvalue weighted by Gasteiger charge is -2.61. The molecular formula is C19H32O3. The van der Waals surface area contributed by atoms with E-state index in [1.807, 2.05) is 0 Å². The van der Waals surface area contributed by atoms with Gasteiger partial charge >= 0.3 is 0 Å². The smallest absolute Gasteiger partial charge is 0.0596 e. The number of fused-ring (bicyclic) bond motifs is 5. The van der Waals surface area contributed by atoms with E-state index in [4.69, 9.17) is 0 Å². The van der Waals surface area contributed by atoms with Gasteiger partial charge in [0.15, 0.2) is 0 Å². The van der Waals surface area contributed by atoms with Crippen molar-refractivity contribution in [3.05, 3.63) is 0 Å². The highest BCUT2D eigenvalue weighted by atomic mass is 16.3. The Balaban J connectivity index is 1.66. The van der Waals surface area contributed by atoms with E-state index in [-0.39, 0.29) is 35.1 Å². The van der Waals surface area contributed by atoms with Gasteiger partial charge in [0.1, 0.15) is 0 Å². The van der Waals surface area contributed by atoms with Crippen LogP contribution in [0.25, 0.3) is 0 Å². The van der Waals surface area contributed by atoms with Crippen LogP contribution >= 0.6 is 0 Å². The van der Waals surface area contributed by atoms with Crippen LogP contribution in [0.2, 0.25) is 0 Å². The maximum absolute atomic E-state index is 10.8. The molecule has 0 heterocycles. The molecule has 22 heavy (non-hydrogen) atoms. The van der Waals surface area contributed by atoms with Gasteiger partial charge in [-0.3, -0.25) is 0 Å². The van der Waals surface area contributed by atoms with E-state index in [1.54, 1.807) is 0 Å². The van der Waals surface area contributed by atoms with E-state index >= 15 is 0 Å². The molecule has 9 atom stereocenters. The first kappa shape index (κ1) is 15.4. The van der Waals surface area contributed by atoms with Crippen LogP contribution in [0.5, 0.6) is 0 Å². The SMILES string of the molecule is C[C@]12CC[C@H]3[C@@H](C[C@@H](O)C4C[C@@H](O)CC[C@@]43C)[C@@H]1CC[C@@H]2O. The Morgan fingerprint density at radius 3 is 2.18 bits per heavy atom. The van der Waals surface area contributed by atoms with E-state index in [0.717, 1.165) is 44.9 Å². The molecule has 3 N–H and O–H groups in total. The lowest BCUT2D eigenvalue weighted by atomic mass is 9.44. The minimum Gasteiger partial charge on any atom is -0.393 e. The van der Waals surface area contributed by atoms with E-state index in [9.17, 15) is 15.3 Å². The van der Waals surface area contributed by atoms with Gasteiger partial charge < -0.3 is 15.3 Å². The molecule has 0 aromatic carbocycles. The molecule has 4 aliphatic rings. The number of aliphatic hydroxyl groups excluding tert-OH is 3. The molecule has 4 aliphatic carbocycles. The third-order valence-corrected chi connectivity index (χ3v) is 8.60. The van der Waals surface area contributed by atoms with Crippen molar-refractivity contribution in [1.29, 1.82) is 0 Å². The van der Waals surface area contributed by atoms with Crippen LogP contribution in [0, 0.1) is 34.5 Å². The first-order chi connectivity index (χ1) is 10.4. The topological polar surface area (TPSA) is 60.7 Å².